The molecule has 0 aliphatic rings. The summed E-state index contributed by atoms with van der Waals surface area (Å²) in [6.07, 6.45) is 0.668. The number of carbonyl (C=O) groups is 1. The van der Waals surface area contributed by atoms with Gasteiger partial charge in [0.25, 0.3) is 5.91 Å². The number of phenolic OH excluding ortho intramolecular Hbond substituents is 1. The van der Waals surface area contributed by atoms with Crippen LogP contribution in [0.2, 0.25) is 0 Å². The third kappa shape index (κ3) is 3.92. The van der Waals surface area contributed by atoms with E-state index in [-0.39, 0.29) is 11.7 Å². The van der Waals surface area contributed by atoms with Crippen molar-refractivity contribution < 1.29 is 9.90 Å². The van der Waals surface area contributed by atoms with E-state index in [0.29, 0.717) is 12.0 Å². The van der Waals surface area contributed by atoms with E-state index in [4.69, 9.17) is 0 Å². The van der Waals surface area contributed by atoms with Crippen LogP contribution in [0.4, 0.5) is 0 Å². The molecule has 0 radical (unpaired) electrons. The second-order valence-corrected chi connectivity index (χ2v) is 5.23. The van der Waals surface area contributed by atoms with Crippen molar-refractivity contribution >= 4 is 27.5 Å². The van der Waals surface area contributed by atoms with Crippen molar-refractivity contribution in [3.63, 3.8) is 0 Å². The molecular formula is C16H15BrN2O2. The molecule has 2 aromatic rings. The van der Waals surface area contributed by atoms with Crippen LogP contribution in [0.3, 0.4) is 0 Å². The Morgan fingerprint density at radius 2 is 1.86 bits per heavy atom. The number of nitrogens with zero attached hydrogens (tertiary/aromatic N) is 1. The molecule has 0 aliphatic carbocycles. The number of aromatic hydroxyl groups is 1. The van der Waals surface area contributed by atoms with E-state index in [1.165, 1.54) is 0 Å². The Balaban J connectivity index is 2.16. The lowest BCUT2D eigenvalue weighted by molar-refractivity contribution is 0.0954. The summed E-state index contributed by atoms with van der Waals surface area (Å²) in [7, 11) is 0. The monoisotopic (exact) mass is 346 g/mol. The molecule has 0 spiro atoms. The van der Waals surface area contributed by atoms with Crippen molar-refractivity contribution in [2.75, 3.05) is 0 Å². The standard InChI is InChI=1S/C16H15BrN2O2/c1-2-15(11-7-9-12(20)10-8-11)18-19-16(21)13-5-3-4-6-14(13)17/h3-10,20H,2H2,1H3,(H,19,21)/b18-15+. The van der Waals surface area contributed by atoms with E-state index in [0.717, 1.165) is 15.7 Å². The molecule has 1 amide bonds. The zero-order valence-electron chi connectivity index (χ0n) is 11.5. The highest BCUT2D eigenvalue weighted by molar-refractivity contribution is 9.10. The summed E-state index contributed by atoms with van der Waals surface area (Å²) in [4.78, 5) is 12.1. The van der Waals surface area contributed by atoms with Gasteiger partial charge in [-0.1, -0.05) is 19.1 Å². The second-order valence-electron chi connectivity index (χ2n) is 4.38. The molecule has 5 heteroatoms. The number of halogens is 1. The highest BCUT2D eigenvalue weighted by Crippen LogP contribution is 2.16. The lowest BCUT2D eigenvalue weighted by Crippen LogP contribution is -2.20. The van der Waals surface area contributed by atoms with Crippen molar-refractivity contribution in [1.29, 1.82) is 0 Å². The molecule has 0 fully saturated rings. The summed E-state index contributed by atoms with van der Waals surface area (Å²) in [5, 5.41) is 13.5. The molecule has 0 saturated carbocycles. The van der Waals surface area contributed by atoms with Crippen LogP contribution in [0.25, 0.3) is 0 Å². The Morgan fingerprint density at radius 3 is 2.48 bits per heavy atom. The summed E-state index contributed by atoms with van der Waals surface area (Å²) in [6, 6.07) is 13.9. The van der Waals surface area contributed by atoms with Crippen LogP contribution in [0.15, 0.2) is 58.1 Å². The minimum Gasteiger partial charge on any atom is -0.508 e. The van der Waals surface area contributed by atoms with Gasteiger partial charge in [-0.05, 0) is 64.3 Å². The van der Waals surface area contributed by atoms with E-state index in [1.54, 1.807) is 42.5 Å². The molecule has 4 nitrogen and oxygen atoms in total. The summed E-state index contributed by atoms with van der Waals surface area (Å²) in [5.74, 6) is -0.0707. The minimum atomic E-state index is -0.271. The van der Waals surface area contributed by atoms with E-state index < -0.39 is 0 Å². The topological polar surface area (TPSA) is 61.7 Å². The van der Waals surface area contributed by atoms with Gasteiger partial charge in [0, 0.05) is 4.47 Å². The number of phenols is 1. The lowest BCUT2D eigenvalue weighted by atomic mass is 10.1. The zero-order valence-corrected chi connectivity index (χ0v) is 13.1. The normalized spacial score (nSPS) is 11.2. The summed E-state index contributed by atoms with van der Waals surface area (Å²) in [5.41, 5.74) is 4.70. The number of hydrazone groups is 1. The van der Waals surface area contributed by atoms with Crippen LogP contribution in [-0.4, -0.2) is 16.7 Å². The number of nitrogens with one attached hydrogen (secondary N) is 1. The largest absolute Gasteiger partial charge is 0.508 e. The first-order valence-electron chi connectivity index (χ1n) is 6.52. The second kappa shape index (κ2) is 7.04. The number of amides is 1. The minimum absolute atomic E-state index is 0.200. The van der Waals surface area contributed by atoms with Crippen molar-refractivity contribution in [3.05, 3.63) is 64.1 Å². The van der Waals surface area contributed by atoms with Gasteiger partial charge < -0.3 is 5.11 Å². The fourth-order valence-electron chi connectivity index (χ4n) is 1.83. The highest BCUT2D eigenvalue weighted by Gasteiger charge is 2.09. The molecule has 0 bridgehead atoms. The molecule has 21 heavy (non-hydrogen) atoms. The van der Waals surface area contributed by atoms with Gasteiger partial charge in [0.1, 0.15) is 5.75 Å². The molecule has 0 saturated heterocycles. The van der Waals surface area contributed by atoms with E-state index in [2.05, 4.69) is 26.5 Å². The van der Waals surface area contributed by atoms with Gasteiger partial charge in [0.15, 0.2) is 0 Å². The van der Waals surface area contributed by atoms with Gasteiger partial charge in [0.05, 0.1) is 11.3 Å². The van der Waals surface area contributed by atoms with Crippen LogP contribution in [0.1, 0.15) is 29.3 Å². The molecule has 2 N–H and O–H groups in total. The van der Waals surface area contributed by atoms with Crippen molar-refractivity contribution in [3.8, 4) is 5.75 Å². The number of rotatable bonds is 4. The third-order valence-corrected chi connectivity index (χ3v) is 3.64. The Bertz CT molecular complexity index is 666. The average Bonchev–Trinajstić information content (AvgIpc) is 2.49. The van der Waals surface area contributed by atoms with Gasteiger partial charge >= 0.3 is 0 Å². The van der Waals surface area contributed by atoms with Gasteiger partial charge in [-0.15, -0.1) is 0 Å². The molecule has 2 aromatic carbocycles. The van der Waals surface area contributed by atoms with E-state index in [9.17, 15) is 9.90 Å². The van der Waals surface area contributed by atoms with Gasteiger partial charge in [-0.25, -0.2) is 5.43 Å². The summed E-state index contributed by atoms with van der Waals surface area (Å²) < 4.78 is 0.723. The van der Waals surface area contributed by atoms with Crippen LogP contribution in [-0.2, 0) is 0 Å². The van der Waals surface area contributed by atoms with E-state index >= 15 is 0 Å². The zero-order chi connectivity index (χ0) is 15.2. The quantitative estimate of drug-likeness (QED) is 0.654. The molecule has 0 aliphatic heterocycles. The van der Waals surface area contributed by atoms with Crippen molar-refractivity contribution in [1.82, 2.24) is 5.43 Å². The van der Waals surface area contributed by atoms with Gasteiger partial charge in [-0.3, -0.25) is 4.79 Å². The first kappa shape index (κ1) is 15.3. The molecular weight excluding hydrogens is 332 g/mol. The molecule has 0 aromatic heterocycles. The SMILES string of the molecule is CC/C(=N\NC(=O)c1ccccc1Br)c1ccc(O)cc1. The number of carbonyl (C=O) groups excluding carboxylic acids is 1. The first-order valence-corrected chi connectivity index (χ1v) is 7.32. The Morgan fingerprint density at radius 1 is 1.19 bits per heavy atom. The molecule has 0 heterocycles. The Labute approximate surface area is 131 Å². The van der Waals surface area contributed by atoms with Crippen LogP contribution in [0.5, 0.6) is 5.75 Å². The van der Waals surface area contributed by atoms with Crippen LogP contribution >= 0.6 is 15.9 Å². The predicted octanol–water partition coefficient (Wildman–Crippen LogP) is 3.70. The maximum absolute atomic E-state index is 12.1. The van der Waals surface area contributed by atoms with Gasteiger partial charge in [0.2, 0.25) is 0 Å². The smallest absolute Gasteiger partial charge is 0.272 e. The van der Waals surface area contributed by atoms with E-state index in [1.807, 2.05) is 13.0 Å². The Hall–Kier alpha value is -2.14. The first-order chi connectivity index (χ1) is 10.1. The van der Waals surface area contributed by atoms with Crippen LogP contribution in [0, 0.1) is 0 Å². The molecule has 0 atom stereocenters. The van der Waals surface area contributed by atoms with Crippen molar-refractivity contribution in [2.45, 2.75) is 13.3 Å². The Kier molecular flexibility index (Phi) is 5.11. The fourth-order valence-corrected chi connectivity index (χ4v) is 2.29. The average molecular weight is 347 g/mol. The van der Waals surface area contributed by atoms with Crippen molar-refractivity contribution in [2.24, 2.45) is 5.10 Å². The molecule has 2 rings (SSSR count). The molecule has 0 unspecified atom stereocenters. The number of hydrogen-bond donors (Lipinski definition) is 2. The number of benzene rings is 2. The predicted molar refractivity (Wildman–Crippen MR) is 86.5 cm³/mol. The number of hydrogen-bond acceptors (Lipinski definition) is 3. The summed E-state index contributed by atoms with van der Waals surface area (Å²) >= 11 is 3.34. The molecule has 108 valence electrons. The van der Waals surface area contributed by atoms with Gasteiger partial charge in [-0.2, -0.15) is 5.10 Å². The fraction of sp³-hybridized carbons (Fsp3) is 0.125. The lowest BCUT2D eigenvalue weighted by Gasteiger charge is -2.06. The third-order valence-electron chi connectivity index (χ3n) is 2.95. The highest BCUT2D eigenvalue weighted by atomic mass is 79.9. The maximum atomic E-state index is 12.1. The summed E-state index contributed by atoms with van der Waals surface area (Å²) in [6.45, 7) is 1.95. The maximum Gasteiger partial charge on any atom is 0.272 e. The van der Waals surface area contributed by atoms with Crippen LogP contribution < -0.4 is 5.43 Å².